The van der Waals surface area contributed by atoms with E-state index in [9.17, 15) is 19.5 Å². The predicted octanol–water partition coefficient (Wildman–Crippen LogP) is 15.8. The van der Waals surface area contributed by atoms with E-state index in [1.54, 1.807) is 0 Å². The van der Waals surface area contributed by atoms with Gasteiger partial charge in [-0.05, 0) is 64.2 Å². The number of esters is 2. The Morgan fingerprint density at radius 2 is 0.838 bits per heavy atom. The lowest BCUT2D eigenvalue weighted by Gasteiger charge is -2.25. The molecule has 0 bridgehead atoms. The molecule has 0 amide bonds. The number of hydrogen-bond acceptors (Lipinski definition) is 7. The van der Waals surface area contributed by atoms with Gasteiger partial charge in [-0.1, -0.05) is 222 Å². The SMILES string of the molecule is CC/C=C\C/C=C\C/C=C\C/C=C\C/C=C\C/C=C\CCCCCCCCCCCCC(=O)OC(COC(=O)CCCCCCCCCCCCCCCC)COC(OCC[N+](C)(C)C)C(=O)O. The van der Waals surface area contributed by atoms with Crippen molar-refractivity contribution in [2.45, 2.75) is 238 Å². The average Bonchev–Trinajstić information content (AvgIpc) is 3.30. The molecule has 0 aliphatic carbocycles. The summed E-state index contributed by atoms with van der Waals surface area (Å²) in [5, 5.41) is 9.68. The number of rotatable bonds is 50. The number of carbonyl (C=O) groups is 3. The van der Waals surface area contributed by atoms with E-state index in [1.807, 2.05) is 21.1 Å². The number of nitrogens with zero attached hydrogens (tertiary/aromatic N) is 1. The number of hydrogen-bond donors (Lipinski definition) is 1. The highest BCUT2D eigenvalue weighted by atomic mass is 16.7. The van der Waals surface area contributed by atoms with Crippen molar-refractivity contribution in [1.82, 2.24) is 0 Å². The number of likely N-dealkylation sites (N-methyl/N-ethyl adjacent to an activating group) is 1. The summed E-state index contributed by atoms with van der Waals surface area (Å²) in [6.45, 7) is 4.76. The Hall–Kier alpha value is -3.27. The van der Waals surface area contributed by atoms with Gasteiger partial charge in [0.25, 0.3) is 6.29 Å². The van der Waals surface area contributed by atoms with E-state index in [0.29, 0.717) is 23.9 Å². The Morgan fingerprint density at radius 1 is 0.456 bits per heavy atom. The van der Waals surface area contributed by atoms with Gasteiger partial charge in [-0.2, -0.15) is 0 Å². The zero-order valence-corrected chi connectivity index (χ0v) is 44.5. The van der Waals surface area contributed by atoms with Gasteiger partial charge in [0.2, 0.25) is 0 Å². The number of carboxylic acids is 1. The number of carboxylic acid groups (broad SMARTS) is 1. The van der Waals surface area contributed by atoms with E-state index in [1.165, 1.54) is 109 Å². The van der Waals surface area contributed by atoms with Crippen LogP contribution in [0, 0.1) is 0 Å². The molecule has 0 aromatic rings. The lowest BCUT2D eigenvalue weighted by atomic mass is 10.0. The predicted molar refractivity (Wildman–Crippen MR) is 286 cm³/mol. The molecule has 1 N–H and O–H groups in total. The maximum absolute atomic E-state index is 12.8. The van der Waals surface area contributed by atoms with Crippen molar-refractivity contribution >= 4 is 17.9 Å². The molecule has 9 nitrogen and oxygen atoms in total. The van der Waals surface area contributed by atoms with Gasteiger partial charge in [-0.25, -0.2) is 4.79 Å². The molecular weight excluding hydrogens is 851 g/mol. The molecule has 392 valence electrons. The van der Waals surface area contributed by atoms with Crippen LogP contribution in [-0.4, -0.2) is 87.4 Å². The molecule has 2 unspecified atom stereocenters. The third-order valence-corrected chi connectivity index (χ3v) is 11.7. The monoisotopic (exact) mass is 955 g/mol. The molecule has 9 heteroatoms. The maximum Gasteiger partial charge on any atom is 0.361 e. The Balaban J connectivity index is 4.24. The van der Waals surface area contributed by atoms with Crippen LogP contribution >= 0.6 is 0 Å². The normalized spacial score (nSPS) is 13.4. The highest BCUT2D eigenvalue weighted by molar-refractivity contribution is 5.71. The summed E-state index contributed by atoms with van der Waals surface area (Å²) in [5.41, 5.74) is 0. The lowest BCUT2D eigenvalue weighted by Crippen LogP contribution is -2.40. The Bertz CT molecular complexity index is 1340. The average molecular weight is 955 g/mol. The summed E-state index contributed by atoms with van der Waals surface area (Å²) in [5.74, 6) is -2.01. The van der Waals surface area contributed by atoms with Gasteiger partial charge in [-0.3, -0.25) is 9.59 Å². The van der Waals surface area contributed by atoms with Crippen molar-refractivity contribution in [2.75, 3.05) is 47.5 Å². The van der Waals surface area contributed by atoms with Crippen LogP contribution in [0.1, 0.15) is 226 Å². The van der Waals surface area contributed by atoms with Crippen molar-refractivity contribution in [3.8, 4) is 0 Å². The van der Waals surface area contributed by atoms with Gasteiger partial charge < -0.3 is 28.5 Å². The molecule has 0 aromatic carbocycles. The Kier molecular flexibility index (Phi) is 47.7. The maximum atomic E-state index is 12.8. The minimum Gasteiger partial charge on any atom is -0.477 e. The summed E-state index contributed by atoms with van der Waals surface area (Å²) in [7, 11) is 5.96. The number of allylic oxidation sites excluding steroid dienone is 12. The first kappa shape index (κ1) is 64.7. The van der Waals surface area contributed by atoms with Gasteiger partial charge in [0.1, 0.15) is 13.2 Å². The van der Waals surface area contributed by atoms with E-state index in [0.717, 1.165) is 83.5 Å². The van der Waals surface area contributed by atoms with Gasteiger partial charge in [0, 0.05) is 12.8 Å². The summed E-state index contributed by atoms with van der Waals surface area (Å²) < 4.78 is 22.8. The summed E-state index contributed by atoms with van der Waals surface area (Å²) in [4.78, 5) is 37.3. The minimum atomic E-state index is -1.51. The molecule has 0 rings (SSSR count). The second-order valence-electron chi connectivity index (χ2n) is 19.5. The number of aliphatic carboxylic acids is 1. The van der Waals surface area contributed by atoms with Gasteiger partial charge in [-0.15, -0.1) is 0 Å². The number of unbranched alkanes of at least 4 members (excludes halogenated alkanes) is 23. The van der Waals surface area contributed by atoms with Gasteiger partial charge in [0.05, 0.1) is 34.4 Å². The van der Waals surface area contributed by atoms with Gasteiger partial charge in [0.15, 0.2) is 6.10 Å². The molecule has 0 heterocycles. The first-order valence-electron chi connectivity index (χ1n) is 27.6. The molecule has 68 heavy (non-hydrogen) atoms. The topological polar surface area (TPSA) is 108 Å². The van der Waals surface area contributed by atoms with E-state index in [-0.39, 0.29) is 32.2 Å². The second-order valence-corrected chi connectivity index (χ2v) is 19.5. The third-order valence-electron chi connectivity index (χ3n) is 11.7. The molecule has 0 saturated carbocycles. The largest absolute Gasteiger partial charge is 0.477 e. The summed E-state index contributed by atoms with van der Waals surface area (Å²) in [6, 6.07) is 0. The first-order valence-corrected chi connectivity index (χ1v) is 27.6. The molecule has 0 fully saturated rings. The quantitative estimate of drug-likeness (QED) is 0.0211. The van der Waals surface area contributed by atoms with Crippen LogP contribution in [0.4, 0.5) is 0 Å². The van der Waals surface area contributed by atoms with Crippen molar-refractivity contribution in [3.63, 3.8) is 0 Å². The molecule has 0 spiro atoms. The molecule has 0 aliphatic rings. The van der Waals surface area contributed by atoms with E-state index in [2.05, 4.69) is 86.8 Å². The van der Waals surface area contributed by atoms with Crippen molar-refractivity contribution in [3.05, 3.63) is 72.9 Å². The second kappa shape index (κ2) is 50.1. The molecule has 0 aromatic heterocycles. The van der Waals surface area contributed by atoms with E-state index < -0.39 is 24.3 Å². The van der Waals surface area contributed by atoms with Crippen LogP contribution in [-0.2, 0) is 33.3 Å². The zero-order valence-electron chi connectivity index (χ0n) is 44.5. The molecular formula is C59H104NO8+. The number of quaternary nitrogens is 1. The minimum absolute atomic E-state index is 0.184. The summed E-state index contributed by atoms with van der Waals surface area (Å²) >= 11 is 0. The first-order chi connectivity index (χ1) is 33.1. The van der Waals surface area contributed by atoms with Crippen LogP contribution < -0.4 is 0 Å². The van der Waals surface area contributed by atoms with E-state index in [4.69, 9.17) is 18.9 Å². The number of carbonyl (C=O) groups excluding carboxylic acids is 2. The Morgan fingerprint density at radius 3 is 1.25 bits per heavy atom. The molecule has 0 radical (unpaired) electrons. The van der Waals surface area contributed by atoms with Crippen molar-refractivity contribution < 1.29 is 42.9 Å². The highest BCUT2D eigenvalue weighted by Crippen LogP contribution is 2.16. The molecule has 0 saturated heterocycles. The standard InChI is InChI=1S/C59H103NO8/c1-6-8-10-12-14-16-18-20-22-23-24-25-26-27-28-29-30-31-32-33-34-35-36-38-40-42-44-46-48-50-57(62)68-55(54-67-59(58(63)64)65-52-51-60(3,4)5)53-66-56(61)49-47-45-43-41-39-37-21-19-17-15-13-11-9-7-2/h8,10,14,16,20,22,24-25,27-28,30-31,55,59H,6-7,9,11-13,15,17-19,21,23,26,29,32-54H2,1-5H3/p+1/b10-8-,16-14-,22-20-,25-24-,28-27-,31-30-. The fraction of sp³-hybridized carbons (Fsp3) is 0.746. The van der Waals surface area contributed by atoms with Crippen molar-refractivity contribution in [1.29, 1.82) is 0 Å². The highest BCUT2D eigenvalue weighted by Gasteiger charge is 2.25. The fourth-order valence-electron chi connectivity index (χ4n) is 7.49. The third kappa shape index (κ3) is 50.6. The smallest absolute Gasteiger partial charge is 0.361 e. The van der Waals surface area contributed by atoms with Crippen LogP contribution in [0.3, 0.4) is 0 Å². The van der Waals surface area contributed by atoms with Crippen LogP contribution in [0.5, 0.6) is 0 Å². The molecule has 2 atom stereocenters. The fourth-order valence-corrected chi connectivity index (χ4v) is 7.49. The van der Waals surface area contributed by atoms with Crippen LogP contribution in [0.25, 0.3) is 0 Å². The zero-order chi connectivity index (χ0) is 49.9. The summed E-state index contributed by atoms with van der Waals surface area (Å²) in [6.07, 6.45) is 61.1. The van der Waals surface area contributed by atoms with Gasteiger partial charge >= 0.3 is 17.9 Å². The van der Waals surface area contributed by atoms with Crippen LogP contribution in [0.15, 0.2) is 72.9 Å². The molecule has 0 aliphatic heterocycles. The Labute approximate surface area is 417 Å². The van der Waals surface area contributed by atoms with Crippen molar-refractivity contribution in [2.24, 2.45) is 0 Å². The van der Waals surface area contributed by atoms with Crippen LogP contribution in [0.2, 0.25) is 0 Å². The number of ether oxygens (including phenoxy) is 4. The van der Waals surface area contributed by atoms with E-state index >= 15 is 0 Å². The lowest BCUT2D eigenvalue weighted by molar-refractivity contribution is -0.870.